The van der Waals surface area contributed by atoms with Crippen molar-refractivity contribution in [3.63, 3.8) is 0 Å². The number of aromatic nitrogens is 1. The Labute approximate surface area is 253 Å². The van der Waals surface area contributed by atoms with Crippen LogP contribution in [0.15, 0.2) is 23.7 Å². The molecule has 2 aromatic rings. The summed E-state index contributed by atoms with van der Waals surface area (Å²) < 4.78 is 14.2. The molecule has 0 unspecified atom stereocenters. The summed E-state index contributed by atoms with van der Waals surface area (Å²) in [6.45, 7) is 11.6. The minimum absolute atomic E-state index is 0.0246. The van der Waals surface area contributed by atoms with Gasteiger partial charge >= 0.3 is 7.12 Å². The molecule has 0 spiro atoms. The Balaban J connectivity index is 1.30. The molecule has 42 heavy (non-hydrogen) atoms. The maximum Gasteiger partial charge on any atom is 0.481 e. The van der Waals surface area contributed by atoms with Crippen LogP contribution in [0.25, 0.3) is 10.2 Å². The fourth-order valence-electron chi connectivity index (χ4n) is 7.22. The molecule has 1 aromatic heterocycles. The highest BCUT2D eigenvalue weighted by Gasteiger charge is 2.68. The highest BCUT2D eigenvalue weighted by atomic mass is 32.1. The van der Waals surface area contributed by atoms with E-state index in [9.17, 15) is 9.59 Å². The summed E-state index contributed by atoms with van der Waals surface area (Å²) in [5.41, 5.74) is 2.94. The van der Waals surface area contributed by atoms with E-state index in [2.05, 4.69) is 60.9 Å². The molecule has 2 bridgehead atoms. The van der Waals surface area contributed by atoms with E-state index >= 15 is 0 Å². The van der Waals surface area contributed by atoms with Gasteiger partial charge in [-0.2, -0.15) is 0 Å². The van der Waals surface area contributed by atoms with E-state index in [0.717, 1.165) is 23.1 Å². The Bertz CT molecular complexity index is 1320. The lowest BCUT2D eigenvalue weighted by molar-refractivity contribution is -0.199. The van der Waals surface area contributed by atoms with Crippen molar-refractivity contribution in [3.05, 3.63) is 29.3 Å². The van der Waals surface area contributed by atoms with Gasteiger partial charge in [-0.15, -0.1) is 11.3 Å². The molecule has 228 valence electrons. The molecule has 1 aliphatic heterocycles. The Morgan fingerprint density at radius 3 is 2.71 bits per heavy atom. The molecular formula is C30H45BN6O4S. The molecule has 4 aliphatic rings. The molecule has 2 heterocycles. The van der Waals surface area contributed by atoms with Crippen molar-refractivity contribution < 1.29 is 18.9 Å². The van der Waals surface area contributed by atoms with Gasteiger partial charge in [0.25, 0.3) is 5.91 Å². The van der Waals surface area contributed by atoms with Crippen molar-refractivity contribution in [2.24, 2.45) is 23.2 Å². The van der Waals surface area contributed by atoms with Gasteiger partial charge in [0.2, 0.25) is 5.91 Å². The second kappa shape index (κ2) is 12.1. The molecule has 5 N–H and O–H groups in total. The fraction of sp³-hybridized carbons (Fsp3) is 0.667. The van der Waals surface area contributed by atoms with Gasteiger partial charge in [0.15, 0.2) is 5.96 Å². The highest BCUT2D eigenvalue weighted by Crippen LogP contribution is 2.65. The van der Waals surface area contributed by atoms with Gasteiger partial charge in [-0.25, -0.2) is 4.98 Å². The third-order valence-corrected chi connectivity index (χ3v) is 10.6. The molecule has 12 heteroatoms. The lowest BCUT2D eigenvalue weighted by Gasteiger charge is -2.64. The van der Waals surface area contributed by atoms with E-state index in [-0.39, 0.29) is 40.8 Å². The number of nitrogens with one attached hydrogen (secondary N) is 5. The Morgan fingerprint density at radius 1 is 1.21 bits per heavy atom. The van der Waals surface area contributed by atoms with Crippen LogP contribution in [0.1, 0.15) is 77.1 Å². The van der Waals surface area contributed by atoms with Crippen LogP contribution in [0.5, 0.6) is 0 Å². The number of rotatable bonds is 11. The standard InChI is InChI=1S/C30H45BN6O4S/c1-17(2)12-25(31-40-24-15-19-14-23(29(19,3)4)30(24,5)41-31)37-27(39)21(8-7-11-34-28(32)33-6)36-26(38)18-9-10-20-22(13-18)42-16-35-20/h9-10,13,16-17,19,21,23-25H,7-8,11-12,14-15H2,1-6H3,(H,36,38)(H,37,39)(H3,32,33,34)/t19-,21-,23-,24+,25-,30-/m0/s1. The van der Waals surface area contributed by atoms with Gasteiger partial charge < -0.3 is 30.6 Å². The lowest BCUT2D eigenvalue weighted by atomic mass is 9.43. The summed E-state index contributed by atoms with van der Waals surface area (Å²) in [6, 6.07) is 4.60. The van der Waals surface area contributed by atoms with E-state index in [1.54, 1.807) is 18.6 Å². The minimum Gasteiger partial charge on any atom is -0.404 e. The number of carbonyl (C=O) groups is 2. The number of fused-ring (bicyclic) bond motifs is 1. The molecule has 4 fully saturated rings. The summed E-state index contributed by atoms with van der Waals surface area (Å²) in [7, 11) is 1.14. The van der Waals surface area contributed by atoms with E-state index < -0.39 is 13.2 Å². The van der Waals surface area contributed by atoms with Crippen LogP contribution in [-0.2, 0) is 14.1 Å². The normalized spacial score (nSPS) is 27.1. The van der Waals surface area contributed by atoms with Gasteiger partial charge in [-0.05, 0) is 80.4 Å². The summed E-state index contributed by atoms with van der Waals surface area (Å²) >= 11 is 1.47. The number of nitrogens with zero attached hydrogens (tertiary/aromatic N) is 1. The van der Waals surface area contributed by atoms with E-state index in [1.165, 1.54) is 11.3 Å². The topological polar surface area (TPSA) is 137 Å². The zero-order valence-electron chi connectivity index (χ0n) is 25.6. The molecule has 6 atom stereocenters. The van der Waals surface area contributed by atoms with E-state index in [0.29, 0.717) is 49.1 Å². The van der Waals surface area contributed by atoms with Crippen molar-refractivity contribution in [2.75, 3.05) is 13.6 Å². The van der Waals surface area contributed by atoms with Crippen molar-refractivity contribution in [1.29, 1.82) is 5.41 Å². The first kappa shape index (κ1) is 30.8. The van der Waals surface area contributed by atoms with Crippen molar-refractivity contribution in [2.45, 2.75) is 90.4 Å². The van der Waals surface area contributed by atoms with Crippen LogP contribution in [0.3, 0.4) is 0 Å². The fourth-order valence-corrected chi connectivity index (χ4v) is 7.93. The van der Waals surface area contributed by atoms with E-state index in [1.807, 2.05) is 12.1 Å². The third kappa shape index (κ3) is 6.03. The number of thiazole rings is 1. The second-order valence-electron chi connectivity index (χ2n) is 13.3. The van der Waals surface area contributed by atoms with Gasteiger partial charge in [0, 0.05) is 19.2 Å². The SMILES string of the molecule is CNC(=N)NCCC[C@H](NC(=O)c1ccc2ncsc2c1)C(=O)N[C@@H](CC(C)C)B1O[C@@H]2C[C@@H]3C[C@@H](C3(C)C)[C@]2(C)O1. The molecule has 1 aromatic carbocycles. The summed E-state index contributed by atoms with van der Waals surface area (Å²) in [4.78, 5) is 31.5. The third-order valence-electron chi connectivity index (χ3n) is 9.79. The summed E-state index contributed by atoms with van der Waals surface area (Å²) in [5, 5.41) is 19.7. The molecule has 3 aliphatic carbocycles. The van der Waals surface area contributed by atoms with Gasteiger partial charge in [0.1, 0.15) is 6.04 Å². The smallest absolute Gasteiger partial charge is 0.404 e. The van der Waals surface area contributed by atoms with Crippen LogP contribution < -0.4 is 21.3 Å². The molecule has 1 saturated heterocycles. The van der Waals surface area contributed by atoms with Crippen molar-refractivity contribution in [3.8, 4) is 0 Å². The summed E-state index contributed by atoms with van der Waals surface area (Å²) in [5.74, 6) is 0.678. The Kier molecular flexibility index (Phi) is 8.88. The average molecular weight is 597 g/mol. The Hall–Kier alpha value is -2.70. The zero-order chi connectivity index (χ0) is 30.2. The van der Waals surface area contributed by atoms with Gasteiger partial charge in [-0.3, -0.25) is 15.0 Å². The van der Waals surface area contributed by atoms with Crippen molar-refractivity contribution in [1.82, 2.24) is 26.3 Å². The summed E-state index contributed by atoms with van der Waals surface area (Å²) in [6.07, 6.45) is 3.86. The maximum absolute atomic E-state index is 13.9. The monoisotopic (exact) mass is 596 g/mol. The predicted molar refractivity (Wildman–Crippen MR) is 166 cm³/mol. The number of benzene rings is 1. The maximum atomic E-state index is 13.9. The van der Waals surface area contributed by atoms with Gasteiger partial charge in [0.05, 0.1) is 33.4 Å². The van der Waals surface area contributed by atoms with Crippen molar-refractivity contribution >= 4 is 46.4 Å². The van der Waals surface area contributed by atoms with Gasteiger partial charge in [-0.1, -0.05) is 27.7 Å². The number of guanidine groups is 1. The number of amides is 2. The quantitative estimate of drug-likeness (QED) is 0.115. The lowest BCUT2D eigenvalue weighted by Crippen LogP contribution is -2.65. The van der Waals surface area contributed by atoms with Crippen LogP contribution in [0, 0.1) is 28.6 Å². The first-order valence-electron chi connectivity index (χ1n) is 15.2. The second-order valence-corrected chi connectivity index (χ2v) is 14.2. The van der Waals surface area contributed by atoms with Crippen LogP contribution in [-0.4, -0.2) is 67.2 Å². The highest BCUT2D eigenvalue weighted by molar-refractivity contribution is 7.16. The van der Waals surface area contributed by atoms with Crippen LogP contribution in [0.4, 0.5) is 0 Å². The number of hydrogen-bond acceptors (Lipinski definition) is 7. The number of carbonyl (C=O) groups excluding carboxylic acids is 2. The molecule has 10 nitrogen and oxygen atoms in total. The molecule has 3 saturated carbocycles. The largest absolute Gasteiger partial charge is 0.481 e. The predicted octanol–water partition coefficient (Wildman–Crippen LogP) is 3.72. The molecule has 6 rings (SSSR count). The molecule has 0 radical (unpaired) electrons. The Morgan fingerprint density at radius 2 is 2.00 bits per heavy atom. The number of hydrogen-bond donors (Lipinski definition) is 5. The first-order chi connectivity index (χ1) is 19.9. The molecule has 2 amide bonds. The molecular weight excluding hydrogens is 551 g/mol. The average Bonchev–Trinajstić information content (AvgIpc) is 3.56. The van der Waals surface area contributed by atoms with Crippen LogP contribution >= 0.6 is 11.3 Å². The minimum atomic E-state index is -0.763. The zero-order valence-corrected chi connectivity index (χ0v) is 26.4. The van der Waals surface area contributed by atoms with E-state index in [4.69, 9.17) is 14.7 Å². The van der Waals surface area contributed by atoms with Crippen LogP contribution in [0.2, 0.25) is 0 Å². The first-order valence-corrected chi connectivity index (χ1v) is 16.1.